The van der Waals surface area contributed by atoms with Crippen LogP contribution in [0.1, 0.15) is 115 Å². The van der Waals surface area contributed by atoms with E-state index in [0.717, 1.165) is 94.9 Å². The first-order chi connectivity index (χ1) is 41.1. The quantitative estimate of drug-likeness (QED) is 0.0751. The zero-order chi connectivity index (χ0) is 62.6. The number of aryl methyl sites for hydroxylation is 2. The molecular formula is C59H60BrF12N15. The normalized spacial score (nSPS) is 14.4. The molecule has 0 N–H and O–H groups in total. The number of halogens is 13. The number of nitrogens with zero attached hydrogens (tertiary/aromatic N) is 15. The van der Waals surface area contributed by atoms with E-state index in [2.05, 4.69) is 62.6 Å². The van der Waals surface area contributed by atoms with E-state index in [1.54, 1.807) is 18.2 Å². The molecule has 4 aromatic heterocycles. The van der Waals surface area contributed by atoms with Crippen molar-refractivity contribution in [3.05, 3.63) is 139 Å². The van der Waals surface area contributed by atoms with E-state index in [4.69, 9.17) is 9.97 Å². The first kappa shape index (κ1) is 63.7. The molecule has 0 spiro atoms. The van der Waals surface area contributed by atoms with E-state index < -0.39 is 47.0 Å². The number of rotatable bonds is 18. The van der Waals surface area contributed by atoms with E-state index in [-0.39, 0.29) is 61.3 Å². The SMILES string of the molecule is CCN(CC1CCCC1)c1nc2cc(Br)ccc2cc1CN(Cc1cc(C(F)(F)F)cc(C(F)(F)F)c1)c1nnn(C)n1.CCN(CC1CCCC1)c1nc2cc(C#N)ccc2cc1CN(Cc1cc(C(F)(F)F)cc(C(F)(F)F)c1)c1nnn(C)n1. The summed E-state index contributed by atoms with van der Waals surface area (Å²) in [6.07, 6.45) is -10.8. The number of hydrogen-bond donors (Lipinski definition) is 0. The van der Waals surface area contributed by atoms with Crippen LogP contribution in [-0.4, -0.2) is 76.6 Å². The van der Waals surface area contributed by atoms with Gasteiger partial charge in [0.05, 0.1) is 59.0 Å². The summed E-state index contributed by atoms with van der Waals surface area (Å²) in [5, 5.41) is 35.2. The molecule has 87 heavy (non-hydrogen) atoms. The van der Waals surface area contributed by atoms with Crippen LogP contribution in [0.4, 0.5) is 76.2 Å². The third-order valence-electron chi connectivity index (χ3n) is 15.4. The molecule has 2 aliphatic carbocycles. The molecule has 15 nitrogen and oxygen atoms in total. The highest BCUT2D eigenvalue weighted by Gasteiger charge is 2.39. The van der Waals surface area contributed by atoms with E-state index in [9.17, 15) is 57.9 Å². The summed E-state index contributed by atoms with van der Waals surface area (Å²) >= 11 is 3.50. The van der Waals surface area contributed by atoms with Crippen LogP contribution in [0.15, 0.2) is 89.4 Å². The number of benzene rings is 4. The van der Waals surface area contributed by atoms with Gasteiger partial charge in [-0.15, -0.1) is 10.2 Å². The Kier molecular flexibility index (Phi) is 19.2. The van der Waals surface area contributed by atoms with Crippen molar-refractivity contribution in [1.82, 2.24) is 50.4 Å². The molecule has 0 amide bonds. The summed E-state index contributed by atoms with van der Waals surface area (Å²) in [4.78, 5) is 19.6. The van der Waals surface area contributed by atoms with E-state index in [1.165, 1.54) is 41.5 Å². The molecule has 2 aliphatic rings. The van der Waals surface area contributed by atoms with E-state index in [0.29, 0.717) is 65.3 Å². The monoisotopic (exact) mass is 1290 g/mol. The Morgan fingerprint density at radius 3 is 1.23 bits per heavy atom. The van der Waals surface area contributed by atoms with Crippen LogP contribution in [-0.2, 0) is 65.0 Å². The molecule has 0 radical (unpaired) electrons. The van der Waals surface area contributed by atoms with Crippen molar-refractivity contribution in [3.63, 3.8) is 0 Å². The summed E-state index contributed by atoms with van der Waals surface area (Å²) in [6.45, 7) is 6.25. The van der Waals surface area contributed by atoms with Crippen molar-refractivity contribution < 1.29 is 52.7 Å². The van der Waals surface area contributed by atoms with Crippen LogP contribution in [0.25, 0.3) is 21.8 Å². The molecule has 0 unspecified atom stereocenters. The highest BCUT2D eigenvalue weighted by molar-refractivity contribution is 9.10. The number of fused-ring (bicyclic) bond motifs is 2. The standard InChI is InChI=1S/C30H30F6N8.C29H30BrF6N7/c1-3-43(16-19-6-4-5-7-19)27-23(13-22-9-8-20(15-37)12-26(22)38-27)18-44(28-39-41-42(2)40-28)17-21-10-24(29(31,32)33)14-25(11-21)30(34,35)36;1-3-42(15-18-6-4-5-7-18)26-21(12-20-8-9-24(30)14-25(20)37-26)17-43(27-38-40-41(2)39-27)16-19-10-22(28(31,32)33)13-23(11-19)29(34,35)36/h8-14,19H,3-7,16-18H2,1-2H3;8-14,18H,3-7,15-17H2,1-2H3. The van der Waals surface area contributed by atoms with Gasteiger partial charge >= 0.3 is 24.7 Å². The molecule has 0 aliphatic heterocycles. The third kappa shape index (κ3) is 16.0. The molecule has 28 heteroatoms. The Bertz CT molecular complexity index is 3670. The predicted octanol–water partition coefficient (Wildman–Crippen LogP) is 14.7. The number of pyridine rings is 2. The summed E-state index contributed by atoms with van der Waals surface area (Å²) in [6, 6.07) is 19.9. The zero-order valence-corrected chi connectivity index (χ0v) is 49.3. The van der Waals surface area contributed by atoms with Crippen molar-refractivity contribution in [3.8, 4) is 6.07 Å². The number of alkyl halides is 12. The van der Waals surface area contributed by atoms with Gasteiger partial charge in [0.1, 0.15) is 11.6 Å². The molecule has 0 bridgehead atoms. The van der Waals surface area contributed by atoms with Crippen molar-refractivity contribution in [2.24, 2.45) is 25.9 Å². The lowest BCUT2D eigenvalue weighted by Crippen LogP contribution is -2.32. The zero-order valence-electron chi connectivity index (χ0n) is 47.7. The fourth-order valence-electron chi connectivity index (χ4n) is 11.2. The van der Waals surface area contributed by atoms with E-state index >= 15 is 0 Å². The first-order valence-electron chi connectivity index (χ1n) is 28.1. The Morgan fingerprint density at radius 2 is 0.885 bits per heavy atom. The third-order valence-corrected chi connectivity index (χ3v) is 15.9. The lowest BCUT2D eigenvalue weighted by molar-refractivity contribution is -0.144. The van der Waals surface area contributed by atoms with Crippen LogP contribution in [0.2, 0.25) is 0 Å². The van der Waals surface area contributed by atoms with Gasteiger partial charge in [-0.25, -0.2) is 9.97 Å². The topological polar surface area (TPSA) is 150 Å². The Labute approximate surface area is 501 Å². The second-order valence-electron chi connectivity index (χ2n) is 21.9. The summed E-state index contributed by atoms with van der Waals surface area (Å²) < 4.78 is 165. The van der Waals surface area contributed by atoms with Gasteiger partial charge in [0, 0.05) is 78.7 Å². The minimum atomic E-state index is -4.98. The molecular weight excluding hydrogens is 1230 g/mol. The predicted molar refractivity (Wildman–Crippen MR) is 306 cm³/mol. The van der Waals surface area contributed by atoms with Crippen molar-refractivity contribution in [2.75, 3.05) is 45.8 Å². The van der Waals surface area contributed by atoms with E-state index in [1.807, 2.05) is 44.2 Å². The van der Waals surface area contributed by atoms with Crippen LogP contribution < -0.4 is 19.6 Å². The molecule has 10 rings (SSSR count). The molecule has 4 aromatic carbocycles. The molecule has 8 aromatic rings. The van der Waals surface area contributed by atoms with Crippen molar-refractivity contribution in [2.45, 2.75) is 116 Å². The lowest BCUT2D eigenvalue weighted by atomic mass is 10.0. The minimum absolute atomic E-state index is 0.0166. The largest absolute Gasteiger partial charge is 0.416 e. The molecule has 4 heterocycles. The molecule has 0 saturated heterocycles. The molecule has 2 saturated carbocycles. The van der Waals surface area contributed by atoms with Crippen molar-refractivity contribution >= 4 is 61.3 Å². The molecule has 0 atom stereocenters. The summed E-state index contributed by atoms with van der Waals surface area (Å²) in [7, 11) is 3.04. The summed E-state index contributed by atoms with van der Waals surface area (Å²) in [5.74, 6) is 2.40. The molecule has 2 fully saturated rings. The van der Waals surface area contributed by atoms with Gasteiger partial charge in [-0.2, -0.15) is 67.5 Å². The van der Waals surface area contributed by atoms with Gasteiger partial charge in [-0.3, -0.25) is 0 Å². The number of nitriles is 1. The van der Waals surface area contributed by atoms with Gasteiger partial charge in [-0.05, 0) is 146 Å². The highest BCUT2D eigenvalue weighted by Crippen LogP contribution is 2.40. The number of aromatic nitrogens is 10. The fraction of sp³-hybridized carbons (Fsp3) is 0.441. The Morgan fingerprint density at radius 1 is 0.506 bits per heavy atom. The maximum Gasteiger partial charge on any atom is 0.416 e. The van der Waals surface area contributed by atoms with Gasteiger partial charge in [-0.1, -0.05) is 63.9 Å². The Balaban J connectivity index is 0.000000208. The van der Waals surface area contributed by atoms with Gasteiger partial charge < -0.3 is 19.6 Å². The maximum atomic E-state index is 13.6. The number of tetrazole rings is 2. The highest BCUT2D eigenvalue weighted by atomic mass is 79.9. The van der Waals surface area contributed by atoms with Crippen LogP contribution in [0.3, 0.4) is 0 Å². The lowest BCUT2D eigenvalue weighted by Gasteiger charge is -2.30. The van der Waals surface area contributed by atoms with Gasteiger partial charge in [0.2, 0.25) is 0 Å². The Hall–Kier alpha value is -7.83. The second-order valence-corrected chi connectivity index (χ2v) is 22.8. The number of hydrogen-bond acceptors (Lipinski definition) is 13. The second kappa shape index (κ2) is 26.2. The average Bonchev–Trinajstić information content (AvgIpc) is 1.55. The number of anilines is 4. The van der Waals surface area contributed by atoms with Crippen LogP contribution >= 0.6 is 15.9 Å². The van der Waals surface area contributed by atoms with Gasteiger partial charge in [0.15, 0.2) is 0 Å². The smallest absolute Gasteiger partial charge is 0.356 e. The molecule has 462 valence electrons. The first-order valence-corrected chi connectivity index (χ1v) is 28.9. The fourth-order valence-corrected chi connectivity index (χ4v) is 11.6. The van der Waals surface area contributed by atoms with Crippen LogP contribution in [0.5, 0.6) is 0 Å². The maximum absolute atomic E-state index is 13.6. The minimum Gasteiger partial charge on any atom is -0.356 e. The van der Waals surface area contributed by atoms with Gasteiger partial charge in [0.25, 0.3) is 11.9 Å². The summed E-state index contributed by atoms with van der Waals surface area (Å²) in [5.41, 5.74) is -2.73. The van der Waals surface area contributed by atoms with Crippen LogP contribution in [0, 0.1) is 23.2 Å². The van der Waals surface area contributed by atoms with Crippen molar-refractivity contribution in [1.29, 1.82) is 5.26 Å². The average molecular weight is 1290 g/mol.